The molecule has 6 rings (SSSR count). The number of rotatable bonds is 7. The molecule has 0 aliphatic heterocycles. The fourth-order valence-electron chi connectivity index (χ4n) is 7.24. The first-order valence-electron chi connectivity index (χ1n) is 12.3. The molecule has 0 unspecified atom stereocenters. The minimum atomic E-state index is -0.271. The smallest absolute Gasteiger partial charge is 0.226 e. The first kappa shape index (κ1) is 22.1. The third-order valence-corrected chi connectivity index (χ3v) is 9.06. The van der Waals surface area contributed by atoms with E-state index in [2.05, 4.69) is 81.0 Å². The summed E-state index contributed by atoms with van der Waals surface area (Å²) >= 11 is 3.42. The lowest BCUT2D eigenvalue weighted by Crippen LogP contribution is -2.61. The van der Waals surface area contributed by atoms with Gasteiger partial charge in [0.25, 0.3) is 0 Å². The van der Waals surface area contributed by atoms with E-state index in [1.807, 2.05) is 6.33 Å². The minimum absolute atomic E-state index is 0.0555. The first-order chi connectivity index (χ1) is 15.4. The van der Waals surface area contributed by atoms with Crippen LogP contribution in [0.15, 0.2) is 35.3 Å². The molecular formula is C26H35BrN4O. The lowest BCUT2D eigenvalue weighted by Gasteiger charge is -2.61. The number of halogens is 1. The van der Waals surface area contributed by atoms with E-state index in [0.717, 1.165) is 44.9 Å². The topological polar surface area (TPSA) is 59.8 Å². The normalized spacial score (nSPS) is 32.6. The summed E-state index contributed by atoms with van der Waals surface area (Å²) in [6, 6.07) is 8.97. The summed E-state index contributed by atoms with van der Waals surface area (Å²) in [6.07, 6.45) is 10.4. The fraction of sp³-hybridized carbons (Fsp3) is 0.654. The lowest BCUT2D eigenvalue weighted by molar-refractivity contribution is -0.156. The highest BCUT2D eigenvalue weighted by Crippen LogP contribution is 2.64. The molecule has 4 saturated carbocycles. The summed E-state index contributed by atoms with van der Waals surface area (Å²) in [7, 11) is 0. The molecule has 4 atom stereocenters. The second-order valence-corrected chi connectivity index (χ2v) is 11.5. The van der Waals surface area contributed by atoms with Gasteiger partial charge in [0, 0.05) is 0 Å². The van der Waals surface area contributed by atoms with Crippen LogP contribution in [0.1, 0.15) is 95.2 Å². The molecule has 0 radical (unpaired) electrons. The first-order valence-corrected chi connectivity index (χ1v) is 13.1. The van der Waals surface area contributed by atoms with E-state index in [9.17, 15) is 4.79 Å². The molecule has 4 bridgehead atoms. The number of carbonyl (C=O) groups excluding carboxylic acids is 1. The van der Waals surface area contributed by atoms with Gasteiger partial charge < -0.3 is 5.32 Å². The Morgan fingerprint density at radius 2 is 1.78 bits per heavy atom. The molecule has 172 valence electrons. The van der Waals surface area contributed by atoms with Crippen LogP contribution in [-0.4, -0.2) is 20.7 Å². The predicted molar refractivity (Wildman–Crippen MR) is 129 cm³/mol. The Morgan fingerprint density at radius 1 is 1.12 bits per heavy atom. The van der Waals surface area contributed by atoms with Gasteiger partial charge in [0.05, 0.1) is 17.0 Å². The fourth-order valence-corrected chi connectivity index (χ4v) is 7.51. The van der Waals surface area contributed by atoms with Gasteiger partial charge in [0.1, 0.15) is 6.33 Å². The second kappa shape index (κ2) is 8.27. The third kappa shape index (κ3) is 3.72. The van der Waals surface area contributed by atoms with E-state index < -0.39 is 0 Å². The summed E-state index contributed by atoms with van der Waals surface area (Å²) < 4.78 is 2.71. The molecule has 0 spiro atoms. The number of nitrogens with one attached hydrogen (secondary N) is 1. The molecule has 6 heteroatoms. The van der Waals surface area contributed by atoms with Crippen LogP contribution in [-0.2, 0) is 10.3 Å². The van der Waals surface area contributed by atoms with E-state index in [1.165, 1.54) is 17.5 Å². The van der Waals surface area contributed by atoms with E-state index >= 15 is 0 Å². The zero-order valence-corrected chi connectivity index (χ0v) is 21.1. The Morgan fingerprint density at radius 3 is 2.34 bits per heavy atom. The van der Waals surface area contributed by atoms with Crippen molar-refractivity contribution in [3.63, 3.8) is 0 Å². The predicted octanol–water partition coefficient (Wildman–Crippen LogP) is 6.12. The number of carbonyl (C=O) groups is 1. The average molecular weight is 499 g/mol. The molecule has 5 nitrogen and oxygen atoms in total. The molecule has 4 aliphatic rings. The zero-order chi connectivity index (χ0) is 22.5. The molecule has 1 aromatic heterocycles. The van der Waals surface area contributed by atoms with E-state index in [-0.39, 0.29) is 22.9 Å². The molecule has 0 saturated heterocycles. The molecule has 1 aromatic carbocycles. The number of hydrogen-bond donors (Lipinski definition) is 1. The quantitative estimate of drug-likeness (QED) is 0.500. The van der Waals surface area contributed by atoms with Crippen molar-refractivity contribution in [1.29, 1.82) is 0 Å². The summed E-state index contributed by atoms with van der Waals surface area (Å²) in [4.78, 5) is 18.2. The van der Waals surface area contributed by atoms with Gasteiger partial charge in [-0.2, -0.15) is 0 Å². The molecule has 4 fully saturated rings. The summed E-state index contributed by atoms with van der Waals surface area (Å²) in [5.74, 6) is 2.05. The van der Waals surface area contributed by atoms with Crippen LogP contribution in [0.5, 0.6) is 0 Å². The standard InChI is InChI=1S/C26H35BrN4O/c1-4-17(3)20-6-8-21(9-7-20)22(5-2)29-23(32)25-11-18-10-19(12-25)14-26(13-18,15-25)31-16-28-24(27)30-31/h6-9,16-19,22H,4-5,10-15H2,1-3H3,(H,29,32)/t17-,18+,19+,22-,25?,26?/m1/s1. The van der Waals surface area contributed by atoms with Gasteiger partial charge in [-0.05, 0) is 96.2 Å². The van der Waals surface area contributed by atoms with Crippen LogP contribution in [0.3, 0.4) is 0 Å². The Balaban J connectivity index is 1.37. The van der Waals surface area contributed by atoms with Gasteiger partial charge >= 0.3 is 0 Å². The van der Waals surface area contributed by atoms with Crippen LogP contribution in [0.4, 0.5) is 0 Å². The average Bonchev–Trinajstić information content (AvgIpc) is 3.23. The highest BCUT2D eigenvalue weighted by molar-refractivity contribution is 9.10. The molecule has 32 heavy (non-hydrogen) atoms. The van der Waals surface area contributed by atoms with E-state index in [4.69, 9.17) is 0 Å². The van der Waals surface area contributed by atoms with Crippen LogP contribution in [0.25, 0.3) is 0 Å². The highest BCUT2D eigenvalue weighted by atomic mass is 79.9. The molecule has 4 aliphatic carbocycles. The number of nitrogens with zero attached hydrogens (tertiary/aromatic N) is 3. The van der Waals surface area contributed by atoms with Crippen molar-refractivity contribution in [2.45, 2.75) is 89.6 Å². The highest BCUT2D eigenvalue weighted by Gasteiger charge is 2.61. The summed E-state index contributed by atoms with van der Waals surface area (Å²) in [5.41, 5.74) is 2.26. The Hall–Kier alpha value is -1.69. The number of hydrogen-bond acceptors (Lipinski definition) is 3. The SMILES string of the molecule is CC[C@@H](C)c1ccc([C@@H](CC)NC(=O)C23C[C@@H]4C[C@@H](C2)CC(n2cnc(Br)n2)(C4)C3)cc1. The van der Waals surface area contributed by atoms with Crippen molar-refractivity contribution < 1.29 is 4.79 Å². The van der Waals surface area contributed by atoms with Crippen molar-refractivity contribution in [2.24, 2.45) is 17.3 Å². The molecule has 1 N–H and O–H groups in total. The molecule has 1 heterocycles. The Labute approximate surface area is 199 Å². The molecule has 1 amide bonds. The number of benzene rings is 1. The minimum Gasteiger partial charge on any atom is -0.349 e. The van der Waals surface area contributed by atoms with Crippen LogP contribution in [0, 0.1) is 17.3 Å². The zero-order valence-electron chi connectivity index (χ0n) is 19.5. The summed E-state index contributed by atoms with van der Waals surface area (Å²) in [5, 5.41) is 8.12. The largest absolute Gasteiger partial charge is 0.349 e. The lowest BCUT2D eigenvalue weighted by atomic mass is 9.46. The molecular weight excluding hydrogens is 464 g/mol. The van der Waals surface area contributed by atoms with Gasteiger partial charge in [-0.3, -0.25) is 4.79 Å². The number of amides is 1. The van der Waals surface area contributed by atoms with Crippen LogP contribution in [0.2, 0.25) is 0 Å². The van der Waals surface area contributed by atoms with Crippen molar-refractivity contribution in [2.75, 3.05) is 0 Å². The summed E-state index contributed by atoms with van der Waals surface area (Å²) in [6.45, 7) is 6.66. The Bertz CT molecular complexity index is 970. The van der Waals surface area contributed by atoms with Crippen molar-refractivity contribution in [1.82, 2.24) is 20.1 Å². The van der Waals surface area contributed by atoms with Gasteiger partial charge in [0.2, 0.25) is 10.6 Å². The monoisotopic (exact) mass is 498 g/mol. The van der Waals surface area contributed by atoms with Crippen molar-refractivity contribution in [3.05, 3.63) is 46.5 Å². The van der Waals surface area contributed by atoms with Crippen molar-refractivity contribution >= 4 is 21.8 Å². The maximum Gasteiger partial charge on any atom is 0.226 e. The van der Waals surface area contributed by atoms with Gasteiger partial charge in [0.15, 0.2) is 0 Å². The van der Waals surface area contributed by atoms with Gasteiger partial charge in [-0.25, -0.2) is 9.67 Å². The van der Waals surface area contributed by atoms with Crippen LogP contribution < -0.4 is 5.32 Å². The maximum absolute atomic E-state index is 13.9. The maximum atomic E-state index is 13.9. The van der Waals surface area contributed by atoms with Crippen molar-refractivity contribution in [3.8, 4) is 0 Å². The molecule has 2 aromatic rings. The van der Waals surface area contributed by atoms with Crippen LogP contribution >= 0.6 is 15.9 Å². The Kier molecular flexibility index (Phi) is 5.71. The van der Waals surface area contributed by atoms with Gasteiger partial charge in [-0.1, -0.05) is 45.0 Å². The second-order valence-electron chi connectivity index (χ2n) is 10.8. The van der Waals surface area contributed by atoms with Gasteiger partial charge in [-0.15, -0.1) is 5.10 Å². The third-order valence-electron chi connectivity index (χ3n) is 8.70. The number of aromatic nitrogens is 3. The van der Waals surface area contributed by atoms with E-state index in [1.54, 1.807) is 0 Å². The van der Waals surface area contributed by atoms with E-state index in [0.29, 0.717) is 22.5 Å².